The molecule has 1 atom stereocenters. The number of rotatable bonds is 24. The number of esters is 1. The highest BCUT2D eigenvalue weighted by Gasteiger charge is 2.23. The number of nitrogens with one attached hydrogen (secondary N) is 2. The molecule has 0 spiro atoms. The SMILES string of the molecule is NCCCC[C@H](NC(=O)N(CCOCCN)CCOCCN)C(=O)NCCCCCC(=O)OCc1ccccc1. The molecule has 12 nitrogen and oxygen atoms in total. The lowest BCUT2D eigenvalue weighted by Crippen LogP contribution is -2.52. The minimum atomic E-state index is -0.690. The summed E-state index contributed by atoms with van der Waals surface area (Å²) in [5, 5.41) is 5.78. The molecule has 8 N–H and O–H groups in total. The molecule has 0 saturated heterocycles. The maximum atomic E-state index is 13.0. The van der Waals surface area contributed by atoms with Crippen LogP contribution in [-0.2, 0) is 30.4 Å². The van der Waals surface area contributed by atoms with E-state index in [0.29, 0.717) is 97.8 Å². The predicted molar refractivity (Wildman–Crippen MR) is 154 cm³/mol. The molecule has 1 aromatic carbocycles. The molecule has 1 rings (SSSR count). The highest BCUT2D eigenvalue weighted by Crippen LogP contribution is 2.06. The number of benzene rings is 1. The number of unbranched alkanes of at least 4 members (excludes halogenated alkanes) is 3. The molecule has 0 aliphatic rings. The topological polar surface area (TPSA) is 184 Å². The van der Waals surface area contributed by atoms with Crippen molar-refractivity contribution in [1.82, 2.24) is 15.5 Å². The fourth-order valence-electron chi connectivity index (χ4n) is 3.75. The van der Waals surface area contributed by atoms with E-state index in [9.17, 15) is 14.4 Å². The van der Waals surface area contributed by atoms with Crippen LogP contribution in [0.25, 0.3) is 0 Å². The summed E-state index contributed by atoms with van der Waals surface area (Å²) in [7, 11) is 0. The summed E-state index contributed by atoms with van der Waals surface area (Å²) in [5.74, 6) is -0.478. The Morgan fingerprint density at radius 1 is 0.800 bits per heavy atom. The average molecular weight is 567 g/mol. The molecule has 0 unspecified atom stereocenters. The Balaban J connectivity index is 2.45. The molecule has 1 aromatic rings. The molecule has 228 valence electrons. The zero-order chi connectivity index (χ0) is 29.3. The number of amides is 3. The van der Waals surface area contributed by atoms with E-state index in [-0.39, 0.29) is 24.5 Å². The van der Waals surface area contributed by atoms with Crippen LogP contribution < -0.4 is 27.8 Å². The minimum Gasteiger partial charge on any atom is -0.461 e. The Kier molecular flexibility index (Phi) is 21.2. The molecule has 0 heterocycles. The van der Waals surface area contributed by atoms with Crippen LogP contribution in [0.1, 0.15) is 50.5 Å². The summed E-state index contributed by atoms with van der Waals surface area (Å²) < 4.78 is 16.1. The molecular weight excluding hydrogens is 516 g/mol. The number of hydrogen-bond donors (Lipinski definition) is 5. The van der Waals surface area contributed by atoms with Gasteiger partial charge in [0.25, 0.3) is 0 Å². The van der Waals surface area contributed by atoms with Gasteiger partial charge in [0.2, 0.25) is 5.91 Å². The van der Waals surface area contributed by atoms with E-state index >= 15 is 0 Å². The lowest BCUT2D eigenvalue weighted by Gasteiger charge is -2.26. The Bertz CT molecular complexity index is 789. The first-order valence-electron chi connectivity index (χ1n) is 14.3. The van der Waals surface area contributed by atoms with Crippen LogP contribution in [-0.4, -0.2) is 94.5 Å². The predicted octanol–water partition coefficient (Wildman–Crippen LogP) is 0.866. The van der Waals surface area contributed by atoms with Crippen molar-refractivity contribution in [3.05, 3.63) is 35.9 Å². The highest BCUT2D eigenvalue weighted by atomic mass is 16.5. The molecule has 0 bridgehead atoms. The van der Waals surface area contributed by atoms with Crippen LogP contribution in [0.4, 0.5) is 4.79 Å². The first-order valence-corrected chi connectivity index (χ1v) is 14.3. The summed E-state index contributed by atoms with van der Waals surface area (Å²) in [6.07, 6.45) is 4.42. The zero-order valence-electron chi connectivity index (χ0n) is 23.8. The Hall–Kier alpha value is -2.77. The van der Waals surface area contributed by atoms with Crippen LogP contribution in [0, 0.1) is 0 Å². The highest BCUT2D eigenvalue weighted by molar-refractivity contribution is 5.87. The number of nitrogens with two attached hydrogens (primary N) is 3. The normalized spacial score (nSPS) is 11.6. The average Bonchev–Trinajstić information content (AvgIpc) is 2.96. The van der Waals surface area contributed by atoms with Gasteiger partial charge in [-0.1, -0.05) is 36.8 Å². The summed E-state index contributed by atoms with van der Waals surface area (Å²) in [6.45, 7) is 4.15. The summed E-state index contributed by atoms with van der Waals surface area (Å²) in [4.78, 5) is 39.5. The summed E-state index contributed by atoms with van der Waals surface area (Å²) in [5.41, 5.74) is 17.5. The van der Waals surface area contributed by atoms with Crippen molar-refractivity contribution in [2.45, 2.75) is 57.6 Å². The third-order valence-electron chi connectivity index (χ3n) is 5.98. The van der Waals surface area contributed by atoms with Crippen molar-refractivity contribution in [2.24, 2.45) is 17.2 Å². The van der Waals surface area contributed by atoms with E-state index < -0.39 is 6.04 Å². The second-order valence-electron chi connectivity index (χ2n) is 9.32. The van der Waals surface area contributed by atoms with Crippen molar-refractivity contribution >= 4 is 17.9 Å². The fraction of sp³-hybridized carbons (Fsp3) is 0.679. The van der Waals surface area contributed by atoms with Crippen molar-refractivity contribution in [2.75, 3.05) is 65.7 Å². The van der Waals surface area contributed by atoms with Crippen LogP contribution in [0.15, 0.2) is 30.3 Å². The summed E-state index contributed by atoms with van der Waals surface area (Å²) >= 11 is 0. The van der Waals surface area contributed by atoms with Gasteiger partial charge in [0, 0.05) is 39.1 Å². The maximum Gasteiger partial charge on any atom is 0.318 e. The van der Waals surface area contributed by atoms with Gasteiger partial charge in [-0.3, -0.25) is 9.59 Å². The standard InChI is InChI=1S/C28H50N6O6/c29-13-7-6-11-25(33-28(37)34(17-21-38-19-14-30)18-22-39-20-15-31)27(36)32-16-8-2-5-12-26(35)40-23-24-9-3-1-4-10-24/h1,3-4,9-10,25H,2,5-8,11-23,29-31H2,(H,32,36)(H,33,37)/t25-/m0/s1. The first kappa shape index (κ1) is 35.3. The third-order valence-corrected chi connectivity index (χ3v) is 5.98. The molecular formula is C28H50N6O6. The second-order valence-corrected chi connectivity index (χ2v) is 9.32. The molecule has 0 aliphatic carbocycles. The van der Waals surface area contributed by atoms with Gasteiger partial charge >= 0.3 is 12.0 Å². The molecule has 0 fully saturated rings. The van der Waals surface area contributed by atoms with Gasteiger partial charge in [-0.2, -0.15) is 0 Å². The minimum absolute atomic E-state index is 0.234. The zero-order valence-corrected chi connectivity index (χ0v) is 23.8. The van der Waals surface area contributed by atoms with E-state index in [4.69, 9.17) is 31.4 Å². The lowest BCUT2D eigenvalue weighted by molar-refractivity contribution is -0.145. The van der Waals surface area contributed by atoms with Crippen LogP contribution in [0.3, 0.4) is 0 Å². The first-order chi connectivity index (χ1) is 19.5. The van der Waals surface area contributed by atoms with Gasteiger partial charge in [-0.05, 0) is 44.2 Å². The van der Waals surface area contributed by atoms with E-state index in [2.05, 4.69) is 10.6 Å². The van der Waals surface area contributed by atoms with Gasteiger partial charge in [-0.25, -0.2) is 4.79 Å². The number of nitrogens with zero attached hydrogens (tertiary/aromatic N) is 1. The number of carbonyl (C=O) groups is 3. The Morgan fingerprint density at radius 2 is 1.48 bits per heavy atom. The Morgan fingerprint density at radius 3 is 2.10 bits per heavy atom. The van der Waals surface area contributed by atoms with Crippen molar-refractivity contribution in [3.8, 4) is 0 Å². The largest absolute Gasteiger partial charge is 0.461 e. The monoisotopic (exact) mass is 566 g/mol. The van der Waals surface area contributed by atoms with Gasteiger partial charge in [-0.15, -0.1) is 0 Å². The quantitative estimate of drug-likeness (QED) is 0.0894. The number of urea groups is 1. The molecule has 0 radical (unpaired) electrons. The third kappa shape index (κ3) is 17.7. The molecule has 0 aromatic heterocycles. The van der Waals surface area contributed by atoms with Gasteiger partial charge < -0.3 is 46.9 Å². The molecule has 3 amide bonds. The van der Waals surface area contributed by atoms with Crippen LogP contribution in [0.5, 0.6) is 0 Å². The molecule has 0 aliphatic heterocycles. The smallest absolute Gasteiger partial charge is 0.318 e. The number of ether oxygens (including phenoxy) is 3. The molecule has 12 heteroatoms. The van der Waals surface area contributed by atoms with Crippen molar-refractivity contribution in [1.29, 1.82) is 0 Å². The maximum absolute atomic E-state index is 13.0. The number of hydrogen-bond acceptors (Lipinski definition) is 9. The van der Waals surface area contributed by atoms with Crippen molar-refractivity contribution < 1.29 is 28.6 Å². The molecule has 0 saturated carbocycles. The fourth-order valence-corrected chi connectivity index (χ4v) is 3.75. The van der Waals surface area contributed by atoms with Crippen molar-refractivity contribution in [3.63, 3.8) is 0 Å². The second kappa shape index (κ2) is 24.1. The van der Waals surface area contributed by atoms with E-state index in [1.165, 1.54) is 0 Å². The van der Waals surface area contributed by atoms with E-state index in [1.54, 1.807) is 4.90 Å². The molecule has 40 heavy (non-hydrogen) atoms. The lowest BCUT2D eigenvalue weighted by atomic mass is 10.1. The van der Waals surface area contributed by atoms with Crippen LogP contribution in [0.2, 0.25) is 0 Å². The van der Waals surface area contributed by atoms with E-state index in [1.807, 2.05) is 30.3 Å². The van der Waals surface area contributed by atoms with Gasteiger partial charge in [0.15, 0.2) is 0 Å². The Labute approximate surface area is 238 Å². The summed E-state index contributed by atoms with van der Waals surface area (Å²) in [6, 6.07) is 8.49. The van der Waals surface area contributed by atoms with Gasteiger partial charge in [0.05, 0.1) is 26.4 Å². The van der Waals surface area contributed by atoms with Crippen LogP contribution >= 0.6 is 0 Å². The van der Waals surface area contributed by atoms with E-state index in [0.717, 1.165) is 18.4 Å². The number of carbonyl (C=O) groups excluding carboxylic acids is 3. The van der Waals surface area contributed by atoms with Gasteiger partial charge in [0.1, 0.15) is 12.6 Å².